The first-order valence-corrected chi connectivity index (χ1v) is 6.20. The zero-order chi connectivity index (χ0) is 13.3. The summed E-state index contributed by atoms with van der Waals surface area (Å²) in [4.78, 5) is 13.8. The maximum absolute atomic E-state index is 13.6. The van der Waals surface area contributed by atoms with E-state index in [4.69, 9.17) is 0 Å². The highest BCUT2D eigenvalue weighted by Crippen LogP contribution is 2.27. The Labute approximate surface area is 107 Å². The molecule has 0 saturated carbocycles. The lowest BCUT2D eigenvalue weighted by molar-refractivity contribution is 0.101. The van der Waals surface area contributed by atoms with Crippen molar-refractivity contribution >= 4 is 11.5 Å². The summed E-state index contributed by atoms with van der Waals surface area (Å²) in [6.45, 7) is 6.99. The van der Waals surface area contributed by atoms with Crippen molar-refractivity contribution in [1.29, 1.82) is 0 Å². The van der Waals surface area contributed by atoms with Crippen LogP contribution in [0, 0.1) is 12.7 Å². The first kappa shape index (κ1) is 12.8. The lowest BCUT2D eigenvalue weighted by Gasteiger charge is -2.30. The summed E-state index contributed by atoms with van der Waals surface area (Å²) in [5.41, 5.74) is 3.21. The minimum Gasteiger partial charge on any atom is -0.367 e. The van der Waals surface area contributed by atoms with E-state index in [1.807, 2.05) is 0 Å². The van der Waals surface area contributed by atoms with Crippen molar-refractivity contribution in [3.63, 3.8) is 0 Å². The molecule has 1 aromatic carbocycles. The number of Topliss-reactive ketones (excluding diaryl/α,β-unsaturated/α-hetero) is 1. The van der Waals surface area contributed by atoms with Crippen molar-refractivity contribution < 1.29 is 9.18 Å². The standard InChI is InChI=1S/C15H18FNO/c1-10-5-4-6-17(9-10)15-7-11(2)14(16)8-13(15)12(3)18/h5,7-8H,4,6,9H2,1-3H3. The molecule has 0 aliphatic carbocycles. The number of rotatable bonds is 2. The SMILES string of the molecule is CC(=O)c1cc(F)c(C)cc1N1CCC=C(C)C1. The van der Waals surface area contributed by atoms with E-state index in [-0.39, 0.29) is 11.6 Å². The van der Waals surface area contributed by atoms with E-state index in [0.717, 1.165) is 25.2 Å². The topological polar surface area (TPSA) is 20.3 Å². The summed E-state index contributed by atoms with van der Waals surface area (Å²) in [6.07, 6.45) is 3.18. The van der Waals surface area contributed by atoms with E-state index < -0.39 is 0 Å². The first-order valence-electron chi connectivity index (χ1n) is 6.20. The van der Waals surface area contributed by atoms with Gasteiger partial charge in [0.25, 0.3) is 0 Å². The highest BCUT2D eigenvalue weighted by atomic mass is 19.1. The van der Waals surface area contributed by atoms with E-state index in [1.165, 1.54) is 18.6 Å². The van der Waals surface area contributed by atoms with Crippen LogP contribution in [0.2, 0.25) is 0 Å². The lowest BCUT2D eigenvalue weighted by atomic mass is 10.0. The molecular weight excluding hydrogens is 229 g/mol. The molecule has 0 fully saturated rings. The van der Waals surface area contributed by atoms with Crippen molar-refractivity contribution in [2.24, 2.45) is 0 Å². The number of halogens is 1. The second-order valence-electron chi connectivity index (χ2n) is 4.94. The van der Waals surface area contributed by atoms with E-state index in [0.29, 0.717) is 11.1 Å². The molecule has 3 heteroatoms. The number of anilines is 1. The number of carbonyl (C=O) groups excluding carboxylic acids is 1. The van der Waals surface area contributed by atoms with Gasteiger partial charge in [0.2, 0.25) is 0 Å². The molecule has 0 radical (unpaired) electrons. The Balaban J connectivity index is 2.46. The van der Waals surface area contributed by atoms with Crippen LogP contribution in [0.3, 0.4) is 0 Å². The molecule has 0 spiro atoms. The van der Waals surface area contributed by atoms with Gasteiger partial charge in [-0.3, -0.25) is 4.79 Å². The largest absolute Gasteiger partial charge is 0.367 e. The minimum absolute atomic E-state index is 0.0869. The van der Waals surface area contributed by atoms with Gasteiger partial charge in [0.15, 0.2) is 5.78 Å². The second-order valence-corrected chi connectivity index (χ2v) is 4.94. The fourth-order valence-electron chi connectivity index (χ4n) is 2.33. The summed E-state index contributed by atoms with van der Waals surface area (Å²) >= 11 is 0. The van der Waals surface area contributed by atoms with Crippen LogP contribution in [0.4, 0.5) is 10.1 Å². The summed E-state index contributed by atoms with van der Waals surface area (Å²) in [7, 11) is 0. The van der Waals surface area contributed by atoms with E-state index in [1.54, 1.807) is 13.0 Å². The van der Waals surface area contributed by atoms with Gasteiger partial charge in [0.1, 0.15) is 5.82 Å². The Bertz CT molecular complexity index is 519. The number of benzene rings is 1. The molecule has 0 atom stereocenters. The number of hydrogen-bond acceptors (Lipinski definition) is 2. The fourth-order valence-corrected chi connectivity index (χ4v) is 2.33. The van der Waals surface area contributed by atoms with Gasteiger partial charge in [-0.15, -0.1) is 0 Å². The third kappa shape index (κ3) is 2.45. The third-order valence-electron chi connectivity index (χ3n) is 3.33. The van der Waals surface area contributed by atoms with Gasteiger partial charge in [-0.1, -0.05) is 11.6 Å². The average molecular weight is 247 g/mol. The summed E-state index contributed by atoms with van der Waals surface area (Å²) in [6, 6.07) is 3.14. The van der Waals surface area contributed by atoms with Gasteiger partial charge in [-0.05, 0) is 44.9 Å². The predicted octanol–water partition coefficient (Wildman–Crippen LogP) is 3.49. The van der Waals surface area contributed by atoms with Crippen LogP contribution in [0.1, 0.15) is 36.2 Å². The first-order chi connectivity index (χ1) is 8.49. The van der Waals surface area contributed by atoms with Gasteiger partial charge in [0.05, 0.1) is 0 Å². The van der Waals surface area contributed by atoms with Gasteiger partial charge >= 0.3 is 0 Å². The molecule has 2 nitrogen and oxygen atoms in total. The quantitative estimate of drug-likeness (QED) is 0.589. The fraction of sp³-hybridized carbons (Fsp3) is 0.400. The molecule has 0 amide bonds. The van der Waals surface area contributed by atoms with Crippen molar-refractivity contribution in [2.75, 3.05) is 18.0 Å². The molecule has 0 bridgehead atoms. The molecule has 1 aromatic rings. The van der Waals surface area contributed by atoms with Crippen LogP contribution in [0.15, 0.2) is 23.8 Å². The van der Waals surface area contributed by atoms with E-state index >= 15 is 0 Å². The van der Waals surface area contributed by atoms with Gasteiger partial charge in [0, 0.05) is 24.3 Å². The van der Waals surface area contributed by atoms with Crippen molar-refractivity contribution in [3.8, 4) is 0 Å². The number of hydrogen-bond donors (Lipinski definition) is 0. The Morgan fingerprint density at radius 3 is 2.67 bits per heavy atom. The van der Waals surface area contributed by atoms with Crippen molar-refractivity contribution in [2.45, 2.75) is 27.2 Å². The smallest absolute Gasteiger partial charge is 0.161 e. The highest BCUT2D eigenvalue weighted by molar-refractivity contribution is 6.00. The third-order valence-corrected chi connectivity index (χ3v) is 3.33. The molecule has 0 N–H and O–H groups in total. The van der Waals surface area contributed by atoms with Crippen LogP contribution in [-0.4, -0.2) is 18.9 Å². The molecule has 18 heavy (non-hydrogen) atoms. The van der Waals surface area contributed by atoms with E-state index in [2.05, 4.69) is 17.9 Å². The summed E-state index contributed by atoms with van der Waals surface area (Å²) in [5.74, 6) is -0.399. The molecule has 96 valence electrons. The molecule has 2 rings (SSSR count). The molecule has 0 aromatic heterocycles. The zero-order valence-corrected chi connectivity index (χ0v) is 11.1. The number of ketones is 1. The van der Waals surface area contributed by atoms with Crippen LogP contribution in [0.25, 0.3) is 0 Å². The molecule has 1 aliphatic heterocycles. The average Bonchev–Trinajstić information content (AvgIpc) is 2.31. The van der Waals surface area contributed by atoms with Gasteiger partial charge in [-0.2, -0.15) is 0 Å². The maximum Gasteiger partial charge on any atom is 0.161 e. The minimum atomic E-state index is -0.312. The van der Waals surface area contributed by atoms with E-state index in [9.17, 15) is 9.18 Å². The Morgan fingerprint density at radius 1 is 1.33 bits per heavy atom. The van der Waals surface area contributed by atoms with Crippen molar-refractivity contribution in [1.82, 2.24) is 0 Å². The van der Waals surface area contributed by atoms with Crippen LogP contribution >= 0.6 is 0 Å². The van der Waals surface area contributed by atoms with Crippen LogP contribution < -0.4 is 4.90 Å². The molecular formula is C15H18FNO. The number of aryl methyl sites for hydroxylation is 1. The maximum atomic E-state index is 13.6. The normalized spacial score (nSPS) is 15.6. The highest BCUT2D eigenvalue weighted by Gasteiger charge is 2.18. The summed E-state index contributed by atoms with van der Waals surface area (Å²) < 4.78 is 13.6. The Morgan fingerprint density at radius 2 is 2.06 bits per heavy atom. The predicted molar refractivity (Wildman–Crippen MR) is 71.7 cm³/mol. The van der Waals surface area contributed by atoms with Gasteiger partial charge < -0.3 is 4.90 Å². The summed E-state index contributed by atoms with van der Waals surface area (Å²) in [5, 5.41) is 0. The Kier molecular flexibility index (Phi) is 3.50. The second kappa shape index (κ2) is 4.92. The molecule has 1 heterocycles. The monoisotopic (exact) mass is 247 g/mol. The lowest BCUT2D eigenvalue weighted by Crippen LogP contribution is -2.30. The molecule has 0 saturated heterocycles. The van der Waals surface area contributed by atoms with Crippen LogP contribution in [0.5, 0.6) is 0 Å². The van der Waals surface area contributed by atoms with Gasteiger partial charge in [-0.25, -0.2) is 4.39 Å². The molecule has 0 unspecified atom stereocenters. The number of carbonyl (C=O) groups is 1. The zero-order valence-electron chi connectivity index (χ0n) is 11.1. The molecule has 1 aliphatic rings. The van der Waals surface area contributed by atoms with Crippen LogP contribution in [-0.2, 0) is 0 Å². The Hall–Kier alpha value is -1.64. The number of nitrogens with zero attached hydrogens (tertiary/aromatic N) is 1. The van der Waals surface area contributed by atoms with Crippen molar-refractivity contribution in [3.05, 3.63) is 40.7 Å².